The molecule has 32 heavy (non-hydrogen) atoms. The number of hydrogen-bond acceptors (Lipinski definition) is 6. The Hall–Kier alpha value is -2.61. The third kappa shape index (κ3) is 5.59. The molecule has 0 N–H and O–H groups in total. The maximum atomic E-state index is 13.0. The molecule has 1 saturated heterocycles. The second-order valence-corrected chi connectivity index (χ2v) is 9.67. The van der Waals surface area contributed by atoms with Crippen molar-refractivity contribution in [2.75, 3.05) is 37.6 Å². The van der Waals surface area contributed by atoms with Gasteiger partial charge in [-0.25, -0.2) is 4.79 Å². The van der Waals surface area contributed by atoms with Gasteiger partial charge in [-0.1, -0.05) is 0 Å². The van der Waals surface area contributed by atoms with Crippen LogP contribution >= 0.6 is 0 Å². The molecule has 1 aliphatic heterocycles. The van der Waals surface area contributed by atoms with Crippen LogP contribution in [0.15, 0.2) is 40.2 Å². The van der Waals surface area contributed by atoms with E-state index in [1.165, 1.54) is 4.57 Å². The van der Waals surface area contributed by atoms with Gasteiger partial charge in [-0.3, -0.25) is 23.8 Å². The molecule has 1 fully saturated rings. The minimum Gasteiger partial charge on any atom is -0.488 e. The number of nitrogens with zero attached hydrogens (tertiary/aromatic N) is 5. The zero-order valence-electron chi connectivity index (χ0n) is 20.2. The third-order valence-corrected chi connectivity index (χ3v) is 5.95. The Morgan fingerprint density at radius 1 is 0.969 bits per heavy atom. The van der Waals surface area contributed by atoms with Crippen molar-refractivity contribution < 1.29 is 4.74 Å². The summed E-state index contributed by atoms with van der Waals surface area (Å²) in [5.74, 6) is 1.56. The lowest BCUT2D eigenvalue weighted by Gasteiger charge is -2.38. The Kier molecular flexibility index (Phi) is 7.44. The van der Waals surface area contributed by atoms with Crippen LogP contribution in [-0.4, -0.2) is 57.3 Å². The molecule has 1 aliphatic rings. The van der Waals surface area contributed by atoms with Crippen LogP contribution in [0.4, 0.5) is 5.82 Å². The van der Waals surface area contributed by atoms with Crippen molar-refractivity contribution >= 4 is 5.82 Å². The van der Waals surface area contributed by atoms with E-state index in [4.69, 9.17) is 4.74 Å². The van der Waals surface area contributed by atoms with Gasteiger partial charge in [0, 0.05) is 63.3 Å². The number of rotatable bonds is 8. The second kappa shape index (κ2) is 9.90. The van der Waals surface area contributed by atoms with E-state index in [0.717, 1.165) is 50.7 Å². The molecule has 8 nitrogen and oxygen atoms in total. The zero-order valence-corrected chi connectivity index (χ0v) is 20.2. The average molecular weight is 444 g/mol. The van der Waals surface area contributed by atoms with E-state index in [9.17, 15) is 9.59 Å². The van der Waals surface area contributed by atoms with Crippen LogP contribution in [0.1, 0.15) is 60.0 Å². The fraction of sp³-hybridized carbons (Fsp3) is 0.625. The molecule has 3 rings (SSSR count). The highest BCUT2D eigenvalue weighted by Crippen LogP contribution is 2.22. The van der Waals surface area contributed by atoms with E-state index in [-0.39, 0.29) is 28.9 Å². The van der Waals surface area contributed by atoms with E-state index < -0.39 is 0 Å². The molecule has 0 bridgehead atoms. The van der Waals surface area contributed by atoms with Crippen molar-refractivity contribution in [3.63, 3.8) is 0 Å². The molecule has 0 spiro atoms. The summed E-state index contributed by atoms with van der Waals surface area (Å²) < 4.78 is 9.22. The molecule has 3 heterocycles. The fourth-order valence-electron chi connectivity index (χ4n) is 4.17. The minimum absolute atomic E-state index is 0.0211. The molecule has 0 radical (unpaired) electrons. The number of hydrogen-bond donors (Lipinski definition) is 0. The largest absolute Gasteiger partial charge is 0.488 e. The van der Waals surface area contributed by atoms with E-state index in [1.807, 2.05) is 39.8 Å². The number of anilines is 1. The lowest BCUT2D eigenvalue weighted by atomic mass is 10.0. The Labute approximate surface area is 190 Å². The monoisotopic (exact) mass is 443 g/mol. The third-order valence-electron chi connectivity index (χ3n) is 5.95. The molecular weight excluding hydrogens is 406 g/mol. The Balaban J connectivity index is 1.65. The Morgan fingerprint density at radius 2 is 1.56 bits per heavy atom. The van der Waals surface area contributed by atoms with Gasteiger partial charge in [-0.2, -0.15) is 0 Å². The van der Waals surface area contributed by atoms with Gasteiger partial charge >= 0.3 is 5.69 Å². The SMILES string of the molecule is CC(C)n1c(N2CCN(CCC(C)(C)Oc3ccncc3)CC2)cc(=O)n(C(C)C)c1=O. The molecule has 0 amide bonds. The van der Waals surface area contributed by atoms with Gasteiger partial charge in [-0.05, 0) is 60.1 Å². The minimum atomic E-state index is -0.280. The van der Waals surface area contributed by atoms with Gasteiger partial charge in [0.2, 0.25) is 0 Å². The van der Waals surface area contributed by atoms with E-state index in [1.54, 1.807) is 23.0 Å². The maximum absolute atomic E-state index is 13.0. The Morgan fingerprint density at radius 3 is 2.12 bits per heavy atom. The number of piperazine rings is 1. The predicted molar refractivity (Wildman–Crippen MR) is 128 cm³/mol. The molecule has 0 unspecified atom stereocenters. The number of aromatic nitrogens is 3. The number of ether oxygens (including phenoxy) is 1. The van der Waals surface area contributed by atoms with E-state index >= 15 is 0 Å². The number of pyridine rings is 1. The molecule has 2 aromatic rings. The average Bonchev–Trinajstić information content (AvgIpc) is 2.72. The molecule has 0 aliphatic carbocycles. The molecule has 0 atom stereocenters. The summed E-state index contributed by atoms with van der Waals surface area (Å²) >= 11 is 0. The zero-order chi connectivity index (χ0) is 23.5. The topological polar surface area (TPSA) is 72.6 Å². The van der Waals surface area contributed by atoms with Crippen LogP contribution in [0.3, 0.4) is 0 Å². The van der Waals surface area contributed by atoms with Crippen LogP contribution in [0.2, 0.25) is 0 Å². The van der Waals surface area contributed by atoms with Crippen LogP contribution in [0.5, 0.6) is 5.75 Å². The van der Waals surface area contributed by atoms with Crippen molar-refractivity contribution in [1.82, 2.24) is 19.0 Å². The molecular formula is C24H37N5O3. The van der Waals surface area contributed by atoms with Crippen LogP contribution in [-0.2, 0) is 0 Å². The summed E-state index contributed by atoms with van der Waals surface area (Å²) in [6.07, 6.45) is 4.37. The van der Waals surface area contributed by atoms with Crippen molar-refractivity contribution in [2.45, 2.75) is 65.6 Å². The summed E-state index contributed by atoms with van der Waals surface area (Å²) in [6, 6.07) is 5.20. The summed E-state index contributed by atoms with van der Waals surface area (Å²) in [5, 5.41) is 0. The van der Waals surface area contributed by atoms with Crippen molar-refractivity contribution in [3.05, 3.63) is 51.4 Å². The van der Waals surface area contributed by atoms with Gasteiger partial charge in [0.15, 0.2) is 0 Å². The second-order valence-electron chi connectivity index (χ2n) is 9.67. The van der Waals surface area contributed by atoms with Crippen LogP contribution < -0.4 is 20.9 Å². The van der Waals surface area contributed by atoms with Gasteiger partial charge in [-0.15, -0.1) is 0 Å². The smallest absolute Gasteiger partial charge is 0.333 e. The molecule has 0 aromatic carbocycles. The van der Waals surface area contributed by atoms with Crippen molar-refractivity contribution in [1.29, 1.82) is 0 Å². The van der Waals surface area contributed by atoms with Crippen molar-refractivity contribution in [2.24, 2.45) is 0 Å². The van der Waals surface area contributed by atoms with Gasteiger partial charge in [0.05, 0.1) is 0 Å². The fourth-order valence-corrected chi connectivity index (χ4v) is 4.17. The summed E-state index contributed by atoms with van der Waals surface area (Å²) in [6.45, 7) is 16.2. The van der Waals surface area contributed by atoms with Gasteiger partial charge < -0.3 is 9.64 Å². The van der Waals surface area contributed by atoms with Crippen LogP contribution in [0.25, 0.3) is 0 Å². The molecule has 0 saturated carbocycles. The lowest BCUT2D eigenvalue weighted by molar-refractivity contribution is 0.0820. The van der Waals surface area contributed by atoms with Gasteiger partial charge in [0.25, 0.3) is 5.56 Å². The molecule has 176 valence electrons. The predicted octanol–water partition coefficient (Wildman–Crippen LogP) is 2.94. The van der Waals surface area contributed by atoms with E-state index in [0.29, 0.717) is 0 Å². The standard InChI is InChI=1S/C24H37N5O3/c1-18(2)28-21(17-22(30)29(19(3)4)23(28)31)27-15-13-26(14-16-27)12-9-24(5,6)32-20-7-10-25-11-8-20/h7-8,10-11,17-19H,9,12-16H2,1-6H3. The first-order chi connectivity index (χ1) is 15.1. The highest BCUT2D eigenvalue weighted by atomic mass is 16.5. The summed E-state index contributed by atoms with van der Waals surface area (Å²) in [5.41, 5.74) is -0.734. The summed E-state index contributed by atoms with van der Waals surface area (Å²) in [7, 11) is 0. The summed E-state index contributed by atoms with van der Waals surface area (Å²) in [4.78, 5) is 34.3. The first-order valence-electron chi connectivity index (χ1n) is 11.5. The lowest BCUT2D eigenvalue weighted by Crippen LogP contribution is -2.51. The van der Waals surface area contributed by atoms with Crippen LogP contribution in [0, 0.1) is 0 Å². The maximum Gasteiger partial charge on any atom is 0.333 e. The van der Waals surface area contributed by atoms with Crippen molar-refractivity contribution in [3.8, 4) is 5.75 Å². The highest BCUT2D eigenvalue weighted by Gasteiger charge is 2.26. The molecule has 8 heteroatoms. The first-order valence-corrected chi connectivity index (χ1v) is 11.5. The molecule has 2 aromatic heterocycles. The first kappa shape index (κ1) is 24.0. The normalized spacial score (nSPS) is 15.6. The highest BCUT2D eigenvalue weighted by molar-refractivity contribution is 5.39. The Bertz CT molecular complexity index is 1000. The quantitative estimate of drug-likeness (QED) is 0.625. The van der Waals surface area contributed by atoms with E-state index in [2.05, 4.69) is 28.6 Å². The van der Waals surface area contributed by atoms with Gasteiger partial charge in [0.1, 0.15) is 17.2 Å².